The van der Waals surface area contributed by atoms with Gasteiger partial charge in [-0.3, -0.25) is 5.10 Å². The predicted molar refractivity (Wildman–Crippen MR) is 69.6 cm³/mol. The van der Waals surface area contributed by atoms with E-state index in [2.05, 4.69) is 16.3 Å². The van der Waals surface area contributed by atoms with Gasteiger partial charge in [-0.1, -0.05) is 0 Å². The van der Waals surface area contributed by atoms with E-state index in [1.807, 2.05) is 6.07 Å². The van der Waals surface area contributed by atoms with Crippen LogP contribution in [0.1, 0.15) is 28.0 Å². The maximum atomic E-state index is 10.9. The number of aryl methyl sites for hydroxylation is 2. The fourth-order valence-electron chi connectivity index (χ4n) is 2.54. The van der Waals surface area contributed by atoms with Crippen LogP contribution in [-0.2, 0) is 12.8 Å². The van der Waals surface area contributed by atoms with Gasteiger partial charge in [-0.25, -0.2) is 4.79 Å². The van der Waals surface area contributed by atoms with Crippen molar-refractivity contribution >= 4 is 5.97 Å². The quantitative estimate of drug-likeness (QED) is 0.885. The molecule has 1 aromatic heterocycles. The SMILES string of the molecule is COc1cc2c(cc1-c1cc(C(=O)O)[nH]n1)CCC2. The highest BCUT2D eigenvalue weighted by molar-refractivity contribution is 5.87. The van der Waals surface area contributed by atoms with Crippen molar-refractivity contribution in [3.8, 4) is 17.0 Å². The minimum Gasteiger partial charge on any atom is -0.496 e. The molecule has 0 fully saturated rings. The Kier molecular flexibility index (Phi) is 2.74. The van der Waals surface area contributed by atoms with Crippen molar-refractivity contribution in [1.82, 2.24) is 10.2 Å². The van der Waals surface area contributed by atoms with E-state index in [0.29, 0.717) is 5.69 Å². The van der Waals surface area contributed by atoms with Crippen molar-refractivity contribution in [2.75, 3.05) is 7.11 Å². The van der Waals surface area contributed by atoms with Gasteiger partial charge in [-0.05, 0) is 48.6 Å². The minimum atomic E-state index is -1.01. The second kappa shape index (κ2) is 4.42. The Hall–Kier alpha value is -2.30. The normalized spacial score (nSPS) is 13.3. The van der Waals surface area contributed by atoms with Crippen molar-refractivity contribution in [2.45, 2.75) is 19.3 Å². The van der Waals surface area contributed by atoms with E-state index in [-0.39, 0.29) is 5.69 Å². The van der Waals surface area contributed by atoms with E-state index in [1.165, 1.54) is 17.2 Å². The van der Waals surface area contributed by atoms with Crippen molar-refractivity contribution in [2.24, 2.45) is 0 Å². The summed E-state index contributed by atoms with van der Waals surface area (Å²) in [5.74, 6) is -0.275. The largest absolute Gasteiger partial charge is 0.496 e. The molecular weight excluding hydrogens is 244 g/mol. The molecular formula is C14H14N2O3. The standard InChI is InChI=1S/C14H14N2O3/c1-19-13-6-9-4-2-3-8(9)5-10(13)11-7-12(14(17)18)16-15-11/h5-7H,2-4H2,1H3,(H,15,16)(H,17,18). The molecule has 2 N–H and O–H groups in total. The number of carboxylic acid groups (broad SMARTS) is 1. The number of aromatic nitrogens is 2. The summed E-state index contributed by atoms with van der Waals surface area (Å²) in [7, 11) is 1.62. The van der Waals surface area contributed by atoms with Crippen molar-refractivity contribution in [1.29, 1.82) is 0 Å². The first-order valence-corrected chi connectivity index (χ1v) is 6.18. The van der Waals surface area contributed by atoms with Gasteiger partial charge in [0.05, 0.1) is 12.8 Å². The Morgan fingerprint density at radius 3 is 2.68 bits per heavy atom. The average molecular weight is 258 g/mol. The summed E-state index contributed by atoms with van der Waals surface area (Å²) in [5, 5.41) is 15.5. The lowest BCUT2D eigenvalue weighted by Crippen LogP contribution is -1.95. The number of carboxylic acids is 1. The average Bonchev–Trinajstić information content (AvgIpc) is 3.05. The van der Waals surface area contributed by atoms with Crippen LogP contribution >= 0.6 is 0 Å². The third-order valence-electron chi connectivity index (χ3n) is 3.50. The molecule has 1 aliphatic rings. The van der Waals surface area contributed by atoms with Gasteiger partial charge < -0.3 is 9.84 Å². The highest BCUT2D eigenvalue weighted by Gasteiger charge is 2.18. The Bertz CT molecular complexity index is 646. The molecule has 0 amide bonds. The minimum absolute atomic E-state index is 0.0811. The molecule has 0 unspecified atom stereocenters. The zero-order valence-corrected chi connectivity index (χ0v) is 10.6. The number of hydrogen-bond donors (Lipinski definition) is 2. The summed E-state index contributed by atoms with van der Waals surface area (Å²) in [6, 6.07) is 5.62. The van der Waals surface area contributed by atoms with Crippen LogP contribution in [0, 0.1) is 0 Å². The van der Waals surface area contributed by atoms with Gasteiger partial charge in [0.25, 0.3) is 0 Å². The van der Waals surface area contributed by atoms with Crippen LogP contribution in [0.3, 0.4) is 0 Å². The summed E-state index contributed by atoms with van der Waals surface area (Å²) in [4.78, 5) is 10.9. The lowest BCUT2D eigenvalue weighted by molar-refractivity contribution is 0.0690. The summed E-state index contributed by atoms with van der Waals surface area (Å²) in [6.45, 7) is 0. The molecule has 0 atom stereocenters. The van der Waals surface area contributed by atoms with Gasteiger partial charge in [0, 0.05) is 5.56 Å². The van der Waals surface area contributed by atoms with E-state index in [0.717, 1.165) is 30.6 Å². The Labute approximate surface area is 110 Å². The first-order chi connectivity index (χ1) is 9.19. The molecule has 1 heterocycles. The third-order valence-corrected chi connectivity index (χ3v) is 3.50. The maximum absolute atomic E-state index is 10.9. The Morgan fingerprint density at radius 1 is 1.32 bits per heavy atom. The number of methoxy groups -OCH3 is 1. The first kappa shape index (κ1) is 11.8. The third kappa shape index (κ3) is 1.97. The molecule has 0 aliphatic heterocycles. The second-order valence-electron chi connectivity index (χ2n) is 4.65. The van der Waals surface area contributed by atoms with Crippen LogP contribution in [0.5, 0.6) is 5.75 Å². The van der Waals surface area contributed by atoms with Crippen molar-refractivity contribution in [3.05, 3.63) is 35.0 Å². The molecule has 1 aromatic carbocycles. The van der Waals surface area contributed by atoms with Gasteiger partial charge in [0.2, 0.25) is 0 Å². The van der Waals surface area contributed by atoms with E-state index in [1.54, 1.807) is 7.11 Å². The van der Waals surface area contributed by atoms with Crippen molar-refractivity contribution in [3.63, 3.8) is 0 Å². The van der Waals surface area contributed by atoms with E-state index < -0.39 is 5.97 Å². The summed E-state index contributed by atoms with van der Waals surface area (Å²) >= 11 is 0. The van der Waals surface area contributed by atoms with Gasteiger partial charge in [-0.15, -0.1) is 0 Å². The molecule has 19 heavy (non-hydrogen) atoms. The molecule has 98 valence electrons. The number of rotatable bonds is 3. The number of H-pyrrole nitrogens is 1. The number of nitrogens with one attached hydrogen (secondary N) is 1. The van der Waals surface area contributed by atoms with Crippen LogP contribution < -0.4 is 4.74 Å². The van der Waals surface area contributed by atoms with Gasteiger partial charge >= 0.3 is 5.97 Å². The molecule has 1 aliphatic carbocycles. The lowest BCUT2D eigenvalue weighted by Gasteiger charge is -2.09. The second-order valence-corrected chi connectivity index (χ2v) is 4.65. The molecule has 3 rings (SSSR count). The van der Waals surface area contributed by atoms with Gasteiger partial charge in [-0.2, -0.15) is 5.10 Å². The number of nitrogens with zero attached hydrogens (tertiary/aromatic N) is 1. The molecule has 0 spiro atoms. The van der Waals surface area contributed by atoms with Gasteiger partial charge in [0.15, 0.2) is 0 Å². The Balaban J connectivity index is 2.10. The number of fused-ring (bicyclic) bond motifs is 1. The van der Waals surface area contributed by atoms with E-state index in [4.69, 9.17) is 9.84 Å². The van der Waals surface area contributed by atoms with Crippen LogP contribution in [0.25, 0.3) is 11.3 Å². The number of hydrogen-bond acceptors (Lipinski definition) is 3. The monoisotopic (exact) mass is 258 g/mol. The van der Waals surface area contributed by atoms with Crippen LogP contribution in [0.4, 0.5) is 0 Å². The van der Waals surface area contributed by atoms with E-state index in [9.17, 15) is 4.79 Å². The van der Waals surface area contributed by atoms with Crippen LogP contribution in [0.2, 0.25) is 0 Å². The zero-order valence-electron chi connectivity index (χ0n) is 10.6. The van der Waals surface area contributed by atoms with E-state index >= 15 is 0 Å². The lowest BCUT2D eigenvalue weighted by atomic mass is 10.0. The molecule has 0 saturated carbocycles. The molecule has 0 radical (unpaired) electrons. The number of aromatic carboxylic acids is 1. The molecule has 0 bridgehead atoms. The fraction of sp³-hybridized carbons (Fsp3) is 0.286. The predicted octanol–water partition coefficient (Wildman–Crippen LogP) is 2.27. The number of ether oxygens (including phenoxy) is 1. The van der Waals surface area contributed by atoms with Crippen molar-refractivity contribution < 1.29 is 14.6 Å². The smallest absolute Gasteiger partial charge is 0.353 e. The molecule has 5 nitrogen and oxygen atoms in total. The molecule has 0 saturated heterocycles. The molecule has 5 heteroatoms. The summed E-state index contributed by atoms with van der Waals surface area (Å²) in [6.07, 6.45) is 3.29. The first-order valence-electron chi connectivity index (χ1n) is 6.18. The number of benzene rings is 1. The molecule has 2 aromatic rings. The summed E-state index contributed by atoms with van der Waals surface area (Å²) in [5.41, 5.74) is 4.14. The van der Waals surface area contributed by atoms with Crippen LogP contribution in [-0.4, -0.2) is 28.4 Å². The topological polar surface area (TPSA) is 75.2 Å². The van der Waals surface area contributed by atoms with Gasteiger partial charge in [0.1, 0.15) is 11.4 Å². The fourth-order valence-corrected chi connectivity index (χ4v) is 2.54. The Morgan fingerprint density at radius 2 is 2.05 bits per heavy atom. The highest BCUT2D eigenvalue weighted by atomic mass is 16.5. The number of carbonyl (C=O) groups is 1. The number of aromatic amines is 1. The zero-order chi connectivity index (χ0) is 13.4. The van der Waals surface area contributed by atoms with Crippen LogP contribution in [0.15, 0.2) is 18.2 Å². The highest BCUT2D eigenvalue weighted by Crippen LogP contribution is 2.35. The summed E-state index contributed by atoms with van der Waals surface area (Å²) < 4.78 is 5.39. The maximum Gasteiger partial charge on any atom is 0.353 e.